The van der Waals surface area contributed by atoms with Crippen molar-refractivity contribution in [1.82, 2.24) is 15.0 Å². The van der Waals surface area contributed by atoms with Crippen LogP contribution in [-0.2, 0) is 0 Å². The lowest BCUT2D eigenvalue weighted by Gasteiger charge is -2.24. The number of nitrogens with two attached hydrogens (primary N) is 1. The SMILES string of the molecule is CC(C)(C)C(N)c1nc2ccncc2[nH]1. The van der Waals surface area contributed by atoms with E-state index in [-0.39, 0.29) is 11.5 Å². The molecule has 0 saturated carbocycles. The van der Waals surface area contributed by atoms with Crippen LogP contribution in [0, 0.1) is 5.41 Å². The van der Waals surface area contributed by atoms with E-state index in [4.69, 9.17) is 5.73 Å². The summed E-state index contributed by atoms with van der Waals surface area (Å²) in [6, 6.07) is 1.79. The zero-order valence-electron chi connectivity index (χ0n) is 9.28. The first-order chi connectivity index (χ1) is 6.98. The Morgan fingerprint density at radius 1 is 1.40 bits per heavy atom. The number of H-pyrrole nitrogens is 1. The van der Waals surface area contributed by atoms with Crippen LogP contribution in [-0.4, -0.2) is 15.0 Å². The summed E-state index contributed by atoms with van der Waals surface area (Å²) in [5.41, 5.74) is 7.98. The van der Waals surface area contributed by atoms with Crippen LogP contribution in [0.5, 0.6) is 0 Å². The second-order valence-corrected chi connectivity index (χ2v) is 4.86. The van der Waals surface area contributed by atoms with Gasteiger partial charge in [0.25, 0.3) is 0 Å². The average Bonchev–Trinajstić information content (AvgIpc) is 2.58. The minimum Gasteiger partial charge on any atom is -0.339 e. The first kappa shape index (κ1) is 10.1. The fraction of sp³-hybridized carbons (Fsp3) is 0.455. The molecule has 0 amide bonds. The van der Waals surface area contributed by atoms with E-state index >= 15 is 0 Å². The minimum atomic E-state index is -0.0927. The Morgan fingerprint density at radius 3 is 2.73 bits per heavy atom. The molecule has 1 atom stereocenters. The first-order valence-electron chi connectivity index (χ1n) is 5.03. The fourth-order valence-electron chi connectivity index (χ4n) is 1.43. The number of hydrogen-bond donors (Lipinski definition) is 2. The standard InChI is InChI=1S/C11H16N4/c1-11(2,3)9(12)10-14-7-4-5-13-6-8(7)15-10/h4-6,9H,12H2,1-3H3,(H,14,15). The summed E-state index contributed by atoms with van der Waals surface area (Å²) < 4.78 is 0. The van der Waals surface area contributed by atoms with Crippen molar-refractivity contribution >= 4 is 11.0 Å². The van der Waals surface area contributed by atoms with Gasteiger partial charge < -0.3 is 10.7 Å². The normalized spacial score (nSPS) is 14.4. The molecule has 0 aliphatic heterocycles. The van der Waals surface area contributed by atoms with Crippen LogP contribution in [0.3, 0.4) is 0 Å². The predicted octanol–water partition coefficient (Wildman–Crippen LogP) is 2.00. The van der Waals surface area contributed by atoms with Gasteiger partial charge in [-0.1, -0.05) is 20.8 Å². The number of nitrogens with one attached hydrogen (secondary N) is 1. The molecule has 0 bridgehead atoms. The molecule has 0 saturated heterocycles. The molecule has 80 valence electrons. The number of aromatic amines is 1. The molecule has 2 aromatic rings. The van der Waals surface area contributed by atoms with Crippen molar-refractivity contribution in [3.05, 3.63) is 24.3 Å². The van der Waals surface area contributed by atoms with E-state index in [1.807, 2.05) is 6.07 Å². The molecule has 3 N–H and O–H groups in total. The van der Waals surface area contributed by atoms with Gasteiger partial charge in [-0.2, -0.15) is 0 Å². The van der Waals surface area contributed by atoms with Crippen molar-refractivity contribution in [3.8, 4) is 0 Å². The third-order valence-corrected chi connectivity index (χ3v) is 2.53. The summed E-state index contributed by atoms with van der Waals surface area (Å²) in [5.74, 6) is 0.825. The van der Waals surface area contributed by atoms with E-state index in [1.165, 1.54) is 0 Å². The largest absolute Gasteiger partial charge is 0.339 e. The average molecular weight is 204 g/mol. The Balaban J connectivity index is 2.45. The topological polar surface area (TPSA) is 67.6 Å². The Kier molecular flexibility index (Phi) is 2.23. The van der Waals surface area contributed by atoms with E-state index < -0.39 is 0 Å². The summed E-state index contributed by atoms with van der Waals surface area (Å²) >= 11 is 0. The summed E-state index contributed by atoms with van der Waals surface area (Å²) in [4.78, 5) is 11.7. The van der Waals surface area contributed by atoms with Crippen LogP contribution in [0.1, 0.15) is 32.6 Å². The number of nitrogens with zero attached hydrogens (tertiary/aromatic N) is 2. The van der Waals surface area contributed by atoms with E-state index in [9.17, 15) is 0 Å². The van der Waals surface area contributed by atoms with E-state index in [0.29, 0.717) is 0 Å². The Hall–Kier alpha value is -1.42. The Labute approximate surface area is 88.9 Å². The molecule has 15 heavy (non-hydrogen) atoms. The van der Waals surface area contributed by atoms with Gasteiger partial charge in [-0.05, 0) is 11.5 Å². The van der Waals surface area contributed by atoms with Gasteiger partial charge in [-0.3, -0.25) is 4.98 Å². The molecule has 0 aliphatic rings. The lowest BCUT2D eigenvalue weighted by atomic mass is 9.87. The van der Waals surface area contributed by atoms with Crippen LogP contribution in [0.2, 0.25) is 0 Å². The minimum absolute atomic E-state index is 0.00129. The molecule has 0 aliphatic carbocycles. The van der Waals surface area contributed by atoms with Crippen LogP contribution < -0.4 is 5.73 Å². The van der Waals surface area contributed by atoms with E-state index in [2.05, 4.69) is 35.7 Å². The maximum Gasteiger partial charge on any atom is 0.124 e. The second kappa shape index (κ2) is 3.31. The highest BCUT2D eigenvalue weighted by Crippen LogP contribution is 2.29. The van der Waals surface area contributed by atoms with Crippen LogP contribution in [0.4, 0.5) is 0 Å². The monoisotopic (exact) mass is 204 g/mol. The highest BCUT2D eigenvalue weighted by Gasteiger charge is 2.24. The number of imidazole rings is 1. The third-order valence-electron chi connectivity index (χ3n) is 2.53. The van der Waals surface area contributed by atoms with Crippen molar-refractivity contribution in [2.45, 2.75) is 26.8 Å². The van der Waals surface area contributed by atoms with E-state index in [1.54, 1.807) is 12.4 Å². The molecular formula is C11H16N4. The quantitative estimate of drug-likeness (QED) is 0.746. The second-order valence-electron chi connectivity index (χ2n) is 4.86. The van der Waals surface area contributed by atoms with Gasteiger partial charge in [0.15, 0.2) is 0 Å². The highest BCUT2D eigenvalue weighted by atomic mass is 15.0. The predicted molar refractivity (Wildman–Crippen MR) is 60.3 cm³/mol. The summed E-state index contributed by atoms with van der Waals surface area (Å²) in [6.07, 6.45) is 3.50. The maximum absolute atomic E-state index is 6.12. The summed E-state index contributed by atoms with van der Waals surface area (Å²) in [6.45, 7) is 6.30. The van der Waals surface area contributed by atoms with Gasteiger partial charge in [-0.15, -0.1) is 0 Å². The van der Waals surface area contributed by atoms with Gasteiger partial charge in [-0.25, -0.2) is 4.98 Å². The summed E-state index contributed by atoms with van der Waals surface area (Å²) in [5, 5.41) is 0. The van der Waals surface area contributed by atoms with Crippen LogP contribution in [0.15, 0.2) is 18.5 Å². The van der Waals surface area contributed by atoms with E-state index in [0.717, 1.165) is 16.9 Å². The van der Waals surface area contributed by atoms with Gasteiger partial charge >= 0.3 is 0 Å². The molecule has 0 radical (unpaired) electrons. The third kappa shape index (κ3) is 1.85. The van der Waals surface area contributed by atoms with Gasteiger partial charge in [0.2, 0.25) is 0 Å². The van der Waals surface area contributed by atoms with Gasteiger partial charge in [0.1, 0.15) is 5.82 Å². The first-order valence-corrected chi connectivity index (χ1v) is 5.03. The molecule has 0 aromatic carbocycles. The Bertz CT molecular complexity index is 434. The zero-order valence-corrected chi connectivity index (χ0v) is 9.28. The van der Waals surface area contributed by atoms with Crippen molar-refractivity contribution in [1.29, 1.82) is 0 Å². The van der Waals surface area contributed by atoms with Crippen LogP contribution >= 0.6 is 0 Å². The highest BCUT2D eigenvalue weighted by molar-refractivity contribution is 5.73. The van der Waals surface area contributed by atoms with Gasteiger partial charge in [0, 0.05) is 6.20 Å². The molecule has 4 heteroatoms. The van der Waals surface area contributed by atoms with Crippen molar-refractivity contribution < 1.29 is 0 Å². The molecular weight excluding hydrogens is 188 g/mol. The smallest absolute Gasteiger partial charge is 0.124 e. The molecule has 0 fully saturated rings. The summed E-state index contributed by atoms with van der Waals surface area (Å²) in [7, 11) is 0. The number of fused-ring (bicyclic) bond motifs is 1. The molecule has 4 nitrogen and oxygen atoms in total. The zero-order chi connectivity index (χ0) is 11.1. The molecule has 1 unspecified atom stereocenters. The lowest BCUT2D eigenvalue weighted by Crippen LogP contribution is -2.27. The van der Waals surface area contributed by atoms with Crippen LogP contribution in [0.25, 0.3) is 11.0 Å². The fourth-order valence-corrected chi connectivity index (χ4v) is 1.43. The van der Waals surface area contributed by atoms with Crippen molar-refractivity contribution in [2.24, 2.45) is 11.1 Å². The number of pyridine rings is 1. The number of aromatic nitrogens is 3. The number of hydrogen-bond acceptors (Lipinski definition) is 3. The molecule has 0 spiro atoms. The molecule has 2 rings (SSSR count). The maximum atomic E-state index is 6.12. The lowest BCUT2D eigenvalue weighted by molar-refractivity contribution is 0.317. The van der Waals surface area contributed by atoms with Crippen molar-refractivity contribution in [3.63, 3.8) is 0 Å². The Morgan fingerprint density at radius 2 is 2.13 bits per heavy atom. The molecule has 2 heterocycles. The van der Waals surface area contributed by atoms with Gasteiger partial charge in [0.05, 0.1) is 23.3 Å². The van der Waals surface area contributed by atoms with Crippen molar-refractivity contribution in [2.75, 3.05) is 0 Å². The molecule has 2 aromatic heterocycles. The number of rotatable bonds is 1.